The van der Waals surface area contributed by atoms with E-state index in [0.29, 0.717) is 33.9 Å². The Hall–Kier alpha value is -1.84. The number of rotatable bonds is 8. The Balaban J connectivity index is 2.30. The van der Waals surface area contributed by atoms with Crippen molar-refractivity contribution in [3.05, 3.63) is 46.2 Å². The average Bonchev–Trinajstić information content (AvgIpc) is 2.62. The molecule has 0 saturated carbocycles. The van der Waals surface area contributed by atoms with E-state index in [9.17, 15) is 12.8 Å². The van der Waals surface area contributed by atoms with Gasteiger partial charge in [-0.05, 0) is 42.8 Å². The first-order valence-corrected chi connectivity index (χ1v) is 9.92. The summed E-state index contributed by atoms with van der Waals surface area (Å²) in [6.07, 6.45) is 0. The van der Waals surface area contributed by atoms with Crippen LogP contribution in [0.25, 0.3) is 0 Å². The maximum atomic E-state index is 13.9. The molecule has 2 aromatic carbocycles. The second-order valence-corrected chi connectivity index (χ2v) is 7.81. The zero-order valence-electron chi connectivity index (χ0n) is 14.5. The van der Waals surface area contributed by atoms with Crippen molar-refractivity contribution in [3.63, 3.8) is 0 Å². The fourth-order valence-electron chi connectivity index (χ4n) is 2.26. The number of hydrogen-bond acceptors (Lipinski definition) is 5. The van der Waals surface area contributed by atoms with E-state index >= 15 is 0 Å². The molecule has 1 N–H and O–H groups in total. The lowest BCUT2D eigenvalue weighted by atomic mass is 10.2. The van der Waals surface area contributed by atoms with Gasteiger partial charge in [0, 0.05) is 11.0 Å². The Morgan fingerprint density at radius 1 is 1.12 bits per heavy atom. The van der Waals surface area contributed by atoms with Crippen molar-refractivity contribution < 1.29 is 27.0 Å². The highest BCUT2D eigenvalue weighted by atomic mass is 79.9. The molecule has 9 heteroatoms. The summed E-state index contributed by atoms with van der Waals surface area (Å²) in [5.74, 6) is 0.424. The van der Waals surface area contributed by atoms with Crippen LogP contribution >= 0.6 is 15.9 Å². The molecule has 0 radical (unpaired) electrons. The van der Waals surface area contributed by atoms with E-state index in [2.05, 4.69) is 20.7 Å². The van der Waals surface area contributed by atoms with Gasteiger partial charge in [0.05, 0.1) is 20.8 Å². The summed E-state index contributed by atoms with van der Waals surface area (Å²) >= 11 is 3.14. The first-order valence-electron chi connectivity index (χ1n) is 7.64. The van der Waals surface area contributed by atoms with Crippen molar-refractivity contribution in [2.75, 3.05) is 20.8 Å². The van der Waals surface area contributed by atoms with Gasteiger partial charge in [0.15, 0.2) is 11.5 Å². The first-order chi connectivity index (χ1) is 12.3. The Kier molecular flexibility index (Phi) is 6.85. The highest BCUT2D eigenvalue weighted by molar-refractivity contribution is 9.10. The van der Waals surface area contributed by atoms with Gasteiger partial charge in [-0.15, -0.1) is 0 Å². The second-order valence-electron chi connectivity index (χ2n) is 5.16. The SMILES string of the molecule is CCOc1c(OC)cc(CNS(=O)(=O)c2cc(Br)ccc2F)cc1OC. The molecule has 2 rings (SSSR count). The molecule has 0 spiro atoms. The minimum Gasteiger partial charge on any atom is -0.493 e. The predicted molar refractivity (Wildman–Crippen MR) is 98.8 cm³/mol. The van der Waals surface area contributed by atoms with Crippen LogP contribution in [-0.4, -0.2) is 29.2 Å². The van der Waals surface area contributed by atoms with Crippen LogP contribution in [0.4, 0.5) is 4.39 Å². The van der Waals surface area contributed by atoms with Gasteiger partial charge in [0.2, 0.25) is 15.8 Å². The molecule has 0 aromatic heterocycles. The van der Waals surface area contributed by atoms with Gasteiger partial charge in [-0.1, -0.05) is 15.9 Å². The second kappa shape index (κ2) is 8.70. The third kappa shape index (κ3) is 4.66. The number of halogens is 2. The average molecular weight is 448 g/mol. The van der Waals surface area contributed by atoms with Gasteiger partial charge in [-0.2, -0.15) is 0 Å². The molecule has 0 aliphatic carbocycles. The monoisotopic (exact) mass is 447 g/mol. The van der Waals surface area contributed by atoms with E-state index in [4.69, 9.17) is 14.2 Å². The number of ether oxygens (including phenoxy) is 3. The molecule has 6 nitrogen and oxygen atoms in total. The summed E-state index contributed by atoms with van der Waals surface area (Å²) < 4.78 is 57.6. The first kappa shape index (κ1) is 20.5. The molecule has 0 amide bonds. The molecule has 0 heterocycles. The summed E-state index contributed by atoms with van der Waals surface area (Å²) in [7, 11) is -1.09. The number of sulfonamides is 1. The Morgan fingerprint density at radius 3 is 2.27 bits per heavy atom. The van der Waals surface area contributed by atoms with Crippen molar-refractivity contribution in [2.24, 2.45) is 0 Å². The molecule has 0 bridgehead atoms. The summed E-state index contributed by atoms with van der Waals surface area (Å²) in [6.45, 7) is 2.17. The zero-order chi connectivity index (χ0) is 19.3. The molecule has 0 aliphatic heterocycles. The molecule has 0 atom stereocenters. The van der Waals surface area contributed by atoms with Crippen LogP contribution in [0.3, 0.4) is 0 Å². The van der Waals surface area contributed by atoms with Gasteiger partial charge in [0.1, 0.15) is 10.7 Å². The lowest BCUT2D eigenvalue weighted by Crippen LogP contribution is -2.24. The summed E-state index contributed by atoms with van der Waals surface area (Å²) in [4.78, 5) is -0.434. The van der Waals surface area contributed by atoms with Crippen LogP contribution in [0.15, 0.2) is 39.7 Å². The van der Waals surface area contributed by atoms with Crippen LogP contribution in [0.5, 0.6) is 17.2 Å². The van der Waals surface area contributed by atoms with E-state index < -0.39 is 20.7 Å². The molecular weight excluding hydrogens is 429 g/mol. The lowest BCUT2D eigenvalue weighted by Gasteiger charge is -2.15. The topological polar surface area (TPSA) is 73.9 Å². The third-order valence-corrected chi connectivity index (χ3v) is 5.37. The largest absolute Gasteiger partial charge is 0.493 e. The number of nitrogens with one attached hydrogen (secondary N) is 1. The van der Waals surface area contributed by atoms with Gasteiger partial charge < -0.3 is 14.2 Å². The van der Waals surface area contributed by atoms with E-state index in [-0.39, 0.29) is 6.54 Å². The molecule has 26 heavy (non-hydrogen) atoms. The van der Waals surface area contributed by atoms with Gasteiger partial charge in [0.25, 0.3) is 0 Å². The third-order valence-electron chi connectivity index (χ3n) is 3.46. The van der Waals surface area contributed by atoms with E-state index in [0.717, 1.165) is 6.07 Å². The Bertz CT molecular complexity index is 864. The normalized spacial score (nSPS) is 11.3. The van der Waals surface area contributed by atoms with Crippen molar-refractivity contribution >= 4 is 26.0 Å². The maximum absolute atomic E-state index is 13.9. The van der Waals surface area contributed by atoms with Crippen LogP contribution in [0.1, 0.15) is 12.5 Å². The minimum absolute atomic E-state index is 0.0760. The van der Waals surface area contributed by atoms with Crippen LogP contribution in [0.2, 0.25) is 0 Å². The number of methoxy groups -OCH3 is 2. The Labute approximate surface area is 160 Å². The lowest BCUT2D eigenvalue weighted by molar-refractivity contribution is 0.288. The zero-order valence-corrected chi connectivity index (χ0v) is 16.9. The molecule has 0 aliphatic rings. The van der Waals surface area contributed by atoms with Crippen LogP contribution in [-0.2, 0) is 16.6 Å². The highest BCUT2D eigenvalue weighted by Crippen LogP contribution is 2.38. The predicted octanol–water partition coefficient (Wildman–Crippen LogP) is 3.48. The molecule has 142 valence electrons. The summed E-state index contributed by atoms with van der Waals surface area (Å²) in [5, 5.41) is 0. The molecule has 2 aromatic rings. The van der Waals surface area contributed by atoms with Crippen molar-refractivity contribution in [3.8, 4) is 17.2 Å². The molecular formula is C17H19BrFNO5S. The van der Waals surface area contributed by atoms with E-state index in [1.807, 2.05) is 6.92 Å². The minimum atomic E-state index is -4.04. The number of benzene rings is 2. The molecule has 0 fully saturated rings. The Morgan fingerprint density at radius 2 is 1.73 bits per heavy atom. The molecule has 0 unspecified atom stereocenters. The van der Waals surface area contributed by atoms with E-state index in [1.165, 1.54) is 26.4 Å². The van der Waals surface area contributed by atoms with E-state index in [1.54, 1.807) is 12.1 Å². The highest BCUT2D eigenvalue weighted by Gasteiger charge is 2.20. The molecule has 0 saturated heterocycles. The quantitative estimate of drug-likeness (QED) is 0.670. The van der Waals surface area contributed by atoms with Crippen LogP contribution < -0.4 is 18.9 Å². The van der Waals surface area contributed by atoms with Crippen molar-refractivity contribution in [1.82, 2.24) is 4.72 Å². The summed E-state index contributed by atoms with van der Waals surface area (Å²) in [6, 6.07) is 6.98. The van der Waals surface area contributed by atoms with Gasteiger partial charge in [-0.3, -0.25) is 0 Å². The van der Waals surface area contributed by atoms with Gasteiger partial charge >= 0.3 is 0 Å². The van der Waals surface area contributed by atoms with Crippen molar-refractivity contribution in [2.45, 2.75) is 18.4 Å². The van der Waals surface area contributed by atoms with Crippen LogP contribution in [0, 0.1) is 5.82 Å². The smallest absolute Gasteiger partial charge is 0.243 e. The van der Waals surface area contributed by atoms with Crippen molar-refractivity contribution in [1.29, 1.82) is 0 Å². The number of hydrogen-bond donors (Lipinski definition) is 1. The standard InChI is InChI=1S/C17H19BrFNO5S/c1-4-25-17-14(23-2)7-11(8-15(17)24-3)10-20-26(21,22)16-9-12(18)5-6-13(16)19/h5-9,20H,4,10H2,1-3H3. The fourth-order valence-corrected chi connectivity index (χ4v) is 3.89. The maximum Gasteiger partial charge on any atom is 0.243 e. The summed E-state index contributed by atoms with van der Waals surface area (Å²) in [5.41, 5.74) is 0.570. The van der Waals surface area contributed by atoms with Gasteiger partial charge in [-0.25, -0.2) is 17.5 Å². The fraction of sp³-hybridized carbons (Fsp3) is 0.294.